The van der Waals surface area contributed by atoms with Crippen molar-refractivity contribution in [2.75, 3.05) is 0 Å². The Balaban J connectivity index is 2.97. The Morgan fingerprint density at radius 2 is 2.23 bits per heavy atom. The summed E-state index contributed by atoms with van der Waals surface area (Å²) in [4.78, 5) is 17.9. The Kier molecular flexibility index (Phi) is 2.37. The Morgan fingerprint density at radius 1 is 1.46 bits per heavy atom. The lowest BCUT2D eigenvalue weighted by Gasteiger charge is -1.98. The first-order valence-electron chi connectivity index (χ1n) is 3.51. The zero-order valence-corrected chi connectivity index (χ0v) is 10.1. The standard InChI is InChI=1S/C8H4BrIN2O/c9-5-2-7-4(1-6(5)10)8(13)12-3-11-7/h1-3H,(H,11,12,13). The Morgan fingerprint density at radius 3 is 3.00 bits per heavy atom. The van der Waals surface area contributed by atoms with Crippen molar-refractivity contribution in [2.45, 2.75) is 0 Å². The van der Waals surface area contributed by atoms with Crippen LogP contribution < -0.4 is 5.56 Å². The van der Waals surface area contributed by atoms with E-state index in [4.69, 9.17) is 0 Å². The van der Waals surface area contributed by atoms with Crippen LogP contribution in [-0.2, 0) is 0 Å². The van der Waals surface area contributed by atoms with Gasteiger partial charge in [-0.25, -0.2) is 4.98 Å². The maximum absolute atomic E-state index is 11.3. The number of aromatic amines is 1. The van der Waals surface area contributed by atoms with Crippen molar-refractivity contribution in [3.8, 4) is 0 Å². The van der Waals surface area contributed by atoms with Crippen molar-refractivity contribution in [3.63, 3.8) is 0 Å². The minimum absolute atomic E-state index is 0.101. The minimum atomic E-state index is -0.101. The molecule has 0 unspecified atom stereocenters. The zero-order valence-electron chi connectivity index (χ0n) is 6.34. The third-order valence-corrected chi connectivity index (χ3v) is 3.97. The number of nitrogens with zero attached hydrogens (tertiary/aromatic N) is 1. The summed E-state index contributed by atoms with van der Waals surface area (Å²) in [5, 5.41) is 0.620. The molecule has 0 spiro atoms. The highest BCUT2D eigenvalue weighted by Crippen LogP contribution is 2.22. The van der Waals surface area contributed by atoms with Crippen LogP contribution in [0.5, 0.6) is 0 Å². The fourth-order valence-corrected chi connectivity index (χ4v) is 1.86. The van der Waals surface area contributed by atoms with Gasteiger partial charge in [0.2, 0.25) is 0 Å². The molecule has 1 heterocycles. The number of H-pyrrole nitrogens is 1. The van der Waals surface area contributed by atoms with Gasteiger partial charge < -0.3 is 4.98 Å². The molecule has 0 radical (unpaired) electrons. The van der Waals surface area contributed by atoms with Crippen molar-refractivity contribution in [1.82, 2.24) is 9.97 Å². The minimum Gasteiger partial charge on any atom is -0.313 e. The van der Waals surface area contributed by atoms with Gasteiger partial charge in [-0.2, -0.15) is 0 Å². The summed E-state index contributed by atoms with van der Waals surface area (Å²) >= 11 is 5.54. The van der Waals surface area contributed by atoms with E-state index in [2.05, 4.69) is 48.5 Å². The van der Waals surface area contributed by atoms with E-state index >= 15 is 0 Å². The van der Waals surface area contributed by atoms with Gasteiger partial charge in [-0.1, -0.05) is 0 Å². The van der Waals surface area contributed by atoms with Crippen LogP contribution in [0.3, 0.4) is 0 Å². The summed E-state index contributed by atoms with van der Waals surface area (Å²) in [7, 11) is 0. The number of aromatic nitrogens is 2. The predicted octanol–water partition coefficient (Wildman–Crippen LogP) is 2.29. The number of hydrogen-bond acceptors (Lipinski definition) is 2. The molecule has 0 bridgehead atoms. The maximum Gasteiger partial charge on any atom is 0.258 e. The van der Waals surface area contributed by atoms with Crippen molar-refractivity contribution < 1.29 is 0 Å². The molecule has 0 amide bonds. The lowest BCUT2D eigenvalue weighted by atomic mass is 10.2. The number of rotatable bonds is 0. The van der Waals surface area contributed by atoms with Gasteiger partial charge in [-0.15, -0.1) is 0 Å². The van der Waals surface area contributed by atoms with Crippen LogP contribution in [0.1, 0.15) is 0 Å². The van der Waals surface area contributed by atoms with Gasteiger partial charge in [0, 0.05) is 8.04 Å². The Labute approximate surface area is 95.8 Å². The molecule has 0 aliphatic heterocycles. The molecule has 0 saturated carbocycles. The molecular formula is C8H4BrIN2O. The maximum atomic E-state index is 11.3. The van der Waals surface area contributed by atoms with Gasteiger partial charge in [-0.05, 0) is 50.7 Å². The second-order valence-electron chi connectivity index (χ2n) is 2.52. The molecule has 13 heavy (non-hydrogen) atoms. The second-order valence-corrected chi connectivity index (χ2v) is 4.53. The number of nitrogens with one attached hydrogen (secondary N) is 1. The van der Waals surface area contributed by atoms with Crippen LogP contribution in [-0.4, -0.2) is 9.97 Å². The summed E-state index contributed by atoms with van der Waals surface area (Å²) in [6, 6.07) is 3.65. The summed E-state index contributed by atoms with van der Waals surface area (Å²) < 4.78 is 1.96. The van der Waals surface area contributed by atoms with Crippen molar-refractivity contribution in [2.24, 2.45) is 0 Å². The van der Waals surface area contributed by atoms with Gasteiger partial charge in [0.1, 0.15) is 0 Å². The van der Waals surface area contributed by atoms with E-state index in [-0.39, 0.29) is 5.56 Å². The van der Waals surface area contributed by atoms with Gasteiger partial charge in [0.05, 0.1) is 17.2 Å². The molecule has 1 aromatic carbocycles. The average molecular weight is 351 g/mol. The first-order valence-corrected chi connectivity index (χ1v) is 5.38. The monoisotopic (exact) mass is 350 g/mol. The molecule has 2 rings (SSSR count). The molecule has 2 aromatic rings. The zero-order chi connectivity index (χ0) is 9.42. The van der Waals surface area contributed by atoms with Crippen LogP contribution in [0.2, 0.25) is 0 Å². The van der Waals surface area contributed by atoms with Gasteiger partial charge in [0.25, 0.3) is 5.56 Å². The lowest BCUT2D eigenvalue weighted by Crippen LogP contribution is -2.06. The summed E-state index contributed by atoms with van der Waals surface area (Å²) in [6.07, 6.45) is 1.41. The van der Waals surface area contributed by atoms with Crippen LogP contribution in [0, 0.1) is 3.57 Å². The van der Waals surface area contributed by atoms with E-state index in [1.807, 2.05) is 12.1 Å². The SMILES string of the molecule is O=c1[nH]cnc2cc(Br)c(I)cc12. The molecule has 0 fully saturated rings. The average Bonchev–Trinajstić information content (AvgIpc) is 2.09. The highest BCUT2D eigenvalue weighted by Gasteiger charge is 2.03. The summed E-state index contributed by atoms with van der Waals surface area (Å²) in [5.41, 5.74) is 0.603. The third kappa shape index (κ3) is 1.62. The second kappa shape index (κ2) is 3.38. The lowest BCUT2D eigenvalue weighted by molar-refractivity contribution is 1.17. The number of hydrogen-bond donors (Lipinski definition) is 1. The van der Waals surface area contributed by atoms with Crippen LogP contribution in [0.15, 0.2) is 27.7 Å². The van der Waals surface area contributed by atoms with Crippen LogP contribution >= 0.6 is 38.5 Å². The van der Waals surface area contributed by atoms with Gasteiger partial charge in [0.15, 0.2) is 0 Å². The van der Waals surface area contributed by atoms with E-state index in [0.29, 0.717) is 10.9 Å². The van der Waals surface area contributed by atoms with Crippen LogP contribution in [0.25, 0.3) is 10.9 Å². The molecule has 1 N–H and O–H groups in total. The molecule has 0 aliphatic carbocycles. The Hall–Kier alpha value is -0.430. The molecule has 1 aromatic heterocycles. The largest absolute Gasteiger partial charge is 0.313 e. The normalized spacial score (nSPS) is 10.6. The highest BCUT2D eigenvalue weighted by molar-refractivity contribution is 14.1. The number of fused-ring (bicyclic) bond motifs is 1. The van der Waals surface area contributed by atoms with Crippen LogP contribution in [0.4, 0.5) is 0 Å². The topological polar surface area (TPSA) is 45.8 Å². The number of halogens is 2. The molecular weight excluding hydrogens is 347 g/mol. The first-order chi connectivity index (χ1) is 6.18. The third-order valence-electron chi connectivity index (χ3n) is 1.68. The Bertz CT molecular complexity index is 523. The first kappa shape index (κ1) is 9.14. The van der Waals surface area contributed by atoms with E-state index < -0.39 is 0 Å². The van der Waals surface area contributed by atoms with Crippen molar-refractivity contribution in [3.05, 3.63) is 36.9 Å². The van der Waals surface area contributed by atoms with E-state index in [0.717, 1.165) is 8.04 Å². The summed E-state index contributed by atoms with van der Waals surface area (Å²) in [5.74, 6) is 0. The summed E-state index contributed by atoms with van der Waals surface area (Å²) in [6.45, 7) is 0. The smallest absolute Gasteiger partial charge is 0.258 e. The molecule has 0 saturated heterocycles. The molecule has 5 heteroatoms. The molecule has 3 nitrogen and oxygen atoms in total. The molecule has 0 aliphatic rings. The van der Waals surface area contributed by atoms with Gasteiger partial charge in [-0.3, -0.25) is 4.79 Å². The fourth-order valence-electron chi connectivity index (χ4n) is 1.06. The van der Waals surface area contributed by atoms with E-state index in [9.17, 15) is 4.79 Å². The van der Waals surface area contributed by atoms with Crippen molar-refractivity contribution >= 4 is 49.4 Å². The van der Waals surface area contributed by atoms with E-state index in [1.165, 1.54) is 6.33 Å². The quantitative estimate of drug-likeness (QED) is 0.741. The van der Waals surface area contributed by atoms with Crippen molar-refractivity contribution in [1.29, 1.82) is 0 Å². The predicted molar refractivity (Wildman–Crippen MR) is 62.8 cm³/mol. The van der Waals surface area contributed by atoms with Gasteiger partial charge >= 0.3 is 0 Å². The highest BCUT2D eigenvalue weighted by atomic mass is 127. The number of benzene rings is 1. The fraction of sp³-hybridized carbons (Fsp3) is 0. The van der Waals surface area contributed by atoms with E-state index in [1.54, 1.807) is 0 Å². The molecule has 0 atom stereocenters. The molecule has 66 valence electrons.